The number of H-pyrrole nitrogens is 1. The predicted octanol–water partition coefficient (Wildman–Crippen LogP) is 0.529. The topological polar surface area (TPSA) is 98.1 Å². The number of hydrogen-bond acceptors (Lipinski definition) is 5. The van der Waals surface area contributed by atoms with Gasteiger partial charge in [-0.2, -0.15) is 17.0 Å². The smallest absolute Gasteiger partial charge is 0.229 e. The Morgan fingerprint density at radius 3 is 3.17 bits per heavy atom. The molecule has 0 unspecified atom stereocenters. The molecule has 98 valence electrons. The van der Waals surface area contributed by atoms with Crippen LogP contribution in [0.4, 0.5) is 0 Å². The number of nitrogens with one attached hydrogen (secondary N) is 3. The second kappa shape index (κ2) is 8.38. The first-order valence-electron chi connectivity index (χ1n) is 5.33. The Morgan fingerprint density at radius 2 is 2.56 bits per heavy atom. The molecular weight excluding hydrogens is 252 g/mol. The number of aryl methyl sites for hydroxylation is 1. The van der Waals surface area contributed by atoms with Gasteiger partial charge in [-0.05, 0) is 6.92 Å². The Morgan fingerprint density at radius 1 is 1.72 bits per heavy atom. The summed E-state index contributed by atoms with van der Waals surface area (Å²) < 4.78 is 0. The summed E-state index contributed by atoms with van der Waals surface area (Å²) in [7, 11) is 1.46. The molecule has 0 saturated heterocycles. The summed E-state index contributed by atoms with van der Waals surface area (Å²) >= 11 is 1.75. The fourth-order valence-corrected chi connectivity index (χ4v) is 2.04. The van der Waals surface area contributed by atoms with Gasteiger partial charge in [-0.15, -0.1) is 0 Å². The quantitative estimate of drug-likeness (QED) is 0.174. The van der Waals surface area contributed by atoms with E-state index in [-0.39, 0.29) is 0 Å². The first-order valence-corrected chi connectivity index (χ1v) is 6.48. The van der Waals surface area contributed by atoms with Crippen LogP contribution in [0.15, 0.2) is 11.3 Å². The van der Waals surface area contributed by atoms with Gasteiger partial charge in [0.2, 0.25) is 5.96 Å². The molecule has 0 bridgehead atoms. The molecule has 0 aromatic carbocycles. The molecule has 0 spiro atoms. The summed E-state index contributed by atoms with van der Waals surface area (Å²) in [5.74, 6) is 2.04. The maximum Gasteiger partial charge on any atom is 0.229 e. The van der Waals surface area contributed by atoms with Crippen molar-refractivity contribution in [2.24, 2.45) is 4.99 Å². The van der Waals surface area contributed by atoms with Crippen LogP contribution in [0.2, 0.25) is 0 Å². The summed E-state index contributed by atoms with van der Waals surface area (Å²) in [5, 5.41) is 10.9. The van der Waals surface area contributed by atoms with Gasteiger partial charge in [-0.25, -0.2) is 15.5 Å². The second-order valence-corrected chi connectivity index (χ2v) is 4.40. The maximum atomic E-state index is 8.47. The van der Waals surface area contributed by atoms with Crippen LogP contribution in [0, 0.1) is 18.4 Å². The zero-order valence-electron chi connectivity index (χ0n) is 10.4. The van der Waals surface area contributed by atoms with E-state index < -0.39 is 0 Å². The zero-order valence-corrected chi connectivity index (χ0v) is 11.2. The fourth-order valence-electron chi connectivity index (χ4n) is 1.18. The molecule has 0 radical (unpaired) electrons. The summed E-state index contributed by atoms with van der Waals surface area (Å²) in [4.78, 5) is 16.0. The minimum Gasteiger partial charge on any atom is -0.348 e. The van der Waals surface area contributed by atoms with Crippen LogP contribution >= 0.6 is 11.8 Å². The molecule has 0 amide bonds. The molecular formula is C10H16N6OS. The van der Waals surface area contributed by atoms with E-state index in [9.17, 15) is 0 Å². The van der Waals surface area contributed by atoms with Crippen LogP contribution in [-0.4, -0.2) is 35.3 Å². The molecule has 0 aliphatic heterocycles. The molecule has 0 aliphatic carbocycles. The predicted molar refractivity (Wildman–Crippen MR) is 70.7 cm³/mol. The Bertz CT molecular complexity index is 424. The van der Waals surface area contributed by atoms with Crippen LogP contribution in [-0.2, 0) is 10.6 Å². The van der Waals surface area contributed by atoms with Crippen molar-refractivity contribution in [3.05, 3.63) is 17.7 Å². The SMILES string of the molecule is CON/C(=N/CCSCc1[nH]cnc1C)NC#N. The van der Waals surface area contributed by atoms with E-state index in [0.717, 1.165) is 22.9 Å². The van der Waals surface area contributed by atoms with Gasteiger partial charge in [0.15, 0.2) is 6.19 Å². The molecule has 3 N–H and O–H groups in total. The van der Waals surface area contributed by atoms with E-state index in [1.165, 1.54) is 7.11 Å². The summed E-state index contributed by atoms with van der Waals surface area (Å²) in [5.41, 5.74) is 4.65. The number of aromatic nitrogens is 2. The van der Waals surface area contributed by atoms with Gasteiger partial charge in [0, 0.05) is 17.2 Å². The van der Waals surface area contributed by atoms with E-state index >= 15 is 0 Å². The molecule has 1 aromatic heterocycles. The van der Waals surface area contributed by atoms with Crippen LogP contribution in [0.25, 0.3) is 0 Å². The Kier molecular flexibility index (Phi) is 6.68. The number of aliphatic imine (C=N–C) groups is 1. The molecule has 0 saturated carbocycles. The molecule has 1 rings (SSSR count). The third-order valence-corrected chi connectivity index (χ3v) is 3.02. The number of nitriles is 1. The Labute approximate surface area is 110 Å². The first kappa shape index (κ1) is 14.3. The van der Waals surface area contributed by atoms with E-state index in [1.807, 2.05) is 6.92 Å². The van der Waals surface area contributed by atoms with Crippen molar-refractivity contribution in [1.82, 2.24) is 20.8 Å². The number of imidazole rings is 1. The van der Waals surface area contributed by atoms with Crippen molar-refractivity contribution >= 4 is 17.7 Å². The number of hydroxylamine groups is 1. The highest BCUT2D eigenvalue weighted by atomic mass is 32.2. The minimum atomic E-state index is 0.318. The van der Waals surface area contributed by atoms with Crippen molar-refractivity contribution in [2.45, 2.75) is 12.7 Å². The molecule has 1 aromatic rings. The highest BCUT2D eigenvalue weighted by Crippen LogP contribution is 2.11. The van der Waals surface area contributed by atoms with Crippen molar-refractivity contribution in [3.8, 4) is 6.19 Å². The number of aromatic amines is 1. The van der Waals surface area contributed by atoms with E-state index in [2.05, 4.69) is 30.6 Å². The van der Waals surface area contributed by atoms with Gasteiger partial charge in [0.05, 0.1) is 25.7 Å². The lowest BCUT2D eigenvalue weighted by molar-refractivity contribution is 0.142. The van der Waals surface area contributed by atoms with E-state index in [4.69, 9.17) is 5.26 Å². The number of thioether (sulfide) groups is 1. The molecule has 0 atom stereocenters. The lowest BCUT2D eigenvalue weighted by Gasteiger charge is -2.04. The lowest BCUT2D eigenvalue weighted by Crippen LogP contribution is -2.33. The number of rotatable bonds is 6. The normalized spacial score (nSPS) is 11.1. The molecule has 1 heterocycles. The first-order chi connectivity index (χ1) is 8.77. The van der Waals surface area contributed by atoms with Crippen molar-refractivity contribution in [1.29, 1.82) is 5.26 Å². The molecule has 0 aliphatic rings. The van der Waals surface area contributed by atoms with Crippen LogP contribution in [0.3, 0.4) is 0 Å². The Balaban J connectivity index is 2.23. The second-order valence-electron chi connectivity index (χ2n) is 3.29. The maximum absolute atomic E-state index is 8.47. The number of guanidine groups is 1. The monoisotopic (exact) mass is 268 g/mol. The van der Waals surface area contributed by atoms with Gasteiger partial charge in [-0.1, -0.05) is 0 Å². The standard InChI is InChI=1S/C10H16N6OS/c1-8-9(15-7-14-8)5-18-4-3-12-10(13-6-11)16-17-2/h7H,3-5H2,1-2H3,(H,14,15)(H2,12,13,16). The minimum absolute atomic E-state index is 0.318. The van der Waals surface area contributed by atoms with Crippen LogP contribution in [0.1, 0.15) is 11.4 Å². The summed E-state index contributed by atoms with van der Waals surface area (Å²) in [6.45, 7) is 2.57. The largest absolute Gasteiger partial charge is 0.348 e. The molecule has 18 heavy (non-hydrogen) atoms. The van der Waals surface area contributed by atoms with Crippen molar-refractivity contribution < 1.29 is 4.84 Å². The molecule has 8 heteroatoms. The summed E-state index contributed by atoms with van der Waals surface area (Å²) in [6.07, 6.45) is 3.48. The third-order valence-electron chi connectivity index (χ3n) is 2.06. The number of nitrogens with zero attached hydrogens (tertiary/aromatic N) is 3. The van der Waals surface area contributed by atoms with Gasteiger partial charge >= 0.3 is 0 Å². The van der Waals surface area contributed by atoms with Crippen LogP contribution in [0.5, 0.6) is 0 Å². The van der Waals surface area contributed by atoms with Crippen molar-refractivity contribution in [2.75, 3.05) is 19.4 Å². The fraction of sp³-hybridized carbons (Fsp3) is 0.500. The van der Waals surface area contributed by atoms with E-state index in [1.54, 1.807) is 24.3 Å². The van der Waals surface area contributed by atoms with Gasteiger partial charge in [-0.3, -0.25) is 10.2 Å². The average Bonchev–Trinajstić information content (AvgIpc) is 2.75. The Hall–Kier alpha value is -1.72. The average molecular weight is 268 g/mol. The van der Waals surface area contributed by atoms with Gasteiger partial charge in [0.1, 0.15) is 0 Å². The van der Waals surface area contributed by atoms with Crippen molar-refractivity contribution in [3.63, 3.8) is 0 Å². The van der Waals surface area contributed by atoms with Crippen LogP contribution < -0.4 is 10.8 Å². The number of hydrogen-bond donors (Lipinski definition) is 3. The highest BCUT2D eigenvalue weighted by molar-refractivity contribution is 7.98. The van der Waals surface area contributed by atoms with Gasteiger partial charge < -0.3 is 4.98 Å². The van der Waals surface area contributed by atoms with E-state index in [0.29, 0.717) is 12.5 Å². The molecule has 0 fully saturated rings. The summed E-state index contributed by atoms with van der Waals surface area (Å²) in [6, 6.07) is 0. The lowest BCUT2D eigenvalue weighted by atomic mass is 10.4. The zero-order chi connectivity index (χ0) is 13.2. The molecule has 7 nitrogen and oxygen atoms in total. The van der Waals surface area contributed by atoms with Gasteiger partial charge in [0.25, 0.3) is 0 Å². The highest BCUT2D eigenvalue weighted by Gasteiger charge is 2.00. The third kappa shape index (κ3) is 5.07.